The molecule has 144 valence electrons. The summed E-state index contributed by atoms with van der Waals surface area (Å²) >= 11 is 0. The highest BCUT2D eigenvalue weighted by molar-refractivity contribution is 5.88. The van der Waals surface area contributed by atoms with Crippen LogP contribution in [0, 0.1) is 0 Å². The normalized spacial score (nSPS) is 17.3. The third kappa shape index (κ3) is 4.86. The lowest BCUT2D eigenvalue weighted by Crippen LogP contribution is -2.37. The second-order valence-electron chi connectivity index (χ2n) is 6.45. The van der Waals surface area contributed by atoms with Crippen LogP contribution in [0.15, 0.2) is 53.5 Å². The van der Waals surface area contributed by atoms with Crippen LogP contribution in [0.3, 0.4) is 0 Å². The van der Waals surface area contributed by atoms with Crippen LogP contribution in [0.5, 0.6) is 5.75 Å². The summed E-state index contributed by atoms with van der Waals surface area (Å²) in [4.78, 5) is 6.31. The Labute approximate surface area is 159 Å². The van der Waals surface area contributed by atoms with Crippen molar-refractivity contribution >= 4 is 11.5 Å². The van der Waals surface area contributed by atoms with E-state index in [1.165, 1.54) is 0 Å². The molecule has 2 unspecified atom stereocenters. The van der Waals surface area contributed by atoms with Gasteiger partial charge in [0.25, 0.3) is 0 Å². The third-order valence-corrected chi connectivity index (χ3v) is 4.57. The van der Waals surface area contributed by atoms with Gasteiger partial charge in [0.1, 0.15) is 18.2 Å². The van der Waals surface area contributed by atoms with Gasteiger partial charge < -0.3 is 24.6 Å². The second kappa shape index (κ2) is 8.99. The van der Waals surface area contributed by atoms with Gasteiger partial charge in [-0.15, -0.1) is 0 Å². The lowest BCUT2D eigenvalue weighted by Gasteiger charge is -2.31. The van der Waals surface area contributed by atoms with Gasteiger partial charge >= 0.3 is 0 Å². The van der Waals surface area contributed by atoms with Crippen LogP contribution in [0.25, 0.3) is 0 Å². The molecule has 0 bridgehead atoms. The van der Waals surface area contributed by atoms with Crippen molar-refractivity contribution in [1.82, 2.24) is 4.90 Å². The Bertz CT molecular complexity index is 776. The Morgan fingerprint density at radius 3 is 2.63 bits per heavy atom. The fourth-order valence-electron chi connectivity index (χ4n) is 2.98. The molecule has 1 heterocycles. The summed E-state index contributed by atoms with van der Waals surface area (Å²) in [7, 11) is 1.80. The molecule has 0 fully saturated rings. The fraction of sp³-hybridized carbons (Fsp3) is 0.381. The quantitative estimate of drug-likeness (QED) is 0.699. The molecule has 0 amide bonds. The molecule has 0 aliphatic carbocycles. The number of amidine groups is 1. The lowest BCUT2D eigenvalue weighted by molar-refractivity contribution is -0.0980. The maximum atomic E-state index is 10.4. The number of benzene rings is 2. The van der Waals surface area contributed by atoms with E-state index in [0.29, 0.717) is 18.9 Å². The molecular weight excluding hydrogens is 344 g/mol. The monoisotopic (exact) mass is 370 g/mol. The number of fused-ring (bicyclic) bond motifs is 1. The van der Waals surface area contributed by atoms with Crippen molar-refractivity contribution in [2.24, 2.45) is 4.99 Å². The Hall–Kier alpha value is -2.41. The summed E-state index contributed by atoms with van der Waals surface area (Å²) in [5, 5.41) is 20.1. The van der Waals surface area contributed by atoms with Crippen LogP contribution in [-0.2, 0) is 11.2 Å². The number of aliphatic imine (C=N–C) groups is 1. The standard InChI is InChI=1S/C21H26N2O4/c1-3-26-20(24)13-10-15-8-11-16(12-9-15)27-14-19-22-18-7-5-4-6-17(18)21(25)23(19)2/h4-9,11-12,20-21,24-25H,3,10,13-14H2,1-2H3. The number of hydrogen-bond donors (Lipinski definition) is 2. The van der Waals surface area contributed by atoms with E-state index in [0.717, 1.165) is 29.0 Å². The van der Waals surface area contributed by atoms with E-state index in [4.69, 9.17) is 9.47 Å². The summed E-state index contributed by atoms with van der Waals surface area (Å²) in [5.41, 5.74) is 2.67. The van der Waals surface area contributed by atoms with Crippen LogP contribution in [-0.4, -0.2) is 47.5 Å². The molecule has 1 aliphatic rings. The first kappa shape index (κ1) is 19.4. The number of nitrogens with zero attached hydrogens (tertiary/aromatic N) is 2. The van der Waals surface area contributed by atoms with Crippen molar-refractivity contribution in [3.8, 4) is 5.75 Å². The number of aryl methyl sites for hydroxylation is 1. The van der Waals surface area contributed by atoms with Crippen molar-refractivity contribution in [2.45, 2.75) is 32.3 Å². The Kier molecular flexibility index (Phi) is 6.45. The van der Waals surface area contributed by atoms with E-state index < -0.39 is 12.5 Å². The zero-order valence-electron chi connectivity index (χ0n) is 15.7. The lowest BCUT2D eigenvalue weighted by atomic mass is 10.1. The number of aliphatic hydroxyl groups is 2. The SMILES string of the molecule is CCOC(O)CCc1ccc(OCC2=Nc3ccccc3C(O)N2C)cc1. The molecule has 6 nitrogen and oxygen atoms in total. The molecule has 1 aliphatic heterocycles. The van der Waals surface area contributed by atoms with E-state index in [2.05, 4.69) is 4.99 Å². The van der Waals surface area contributed by atoms with E-state index in [1.54, 1.807) is 11.9 Å². The highest BCUT2D eigenvalue weighted by Crippen LogP contribution is 2.32. The summed E-state index contributed by atoms with van der Waals surface area (Å²) in [6, 6.07) is 15.3. The maximum absolute atomic E-state index is 10.4. The van der Waals surface area contributed by atoms with Gasteiger partial charge in [0.15, 0.2) is 12.5 Å². The maximum Gasteiger partial charge on any atom is 0.156 e. The number of ether oxygens (including phenoxy) is 2. The van der Waals surface area contributed by atoms with Crippen molar-refractivity contribution in [3.63, 3.8) is 0 Å². The van der Waals surface area contributed by atoms with Crippen molar-refractivity contribution < 1.29 is 19.7 Å². The zero-order valence-corrected chi connectivity index (χ0v) is 15.7. The summed E-state index contributed by atoms with van der Waals surface area (Å²) < 4.78 is 11.0. The molecule has 0 saturated carbocycles. The van der Waals surface area contributed by atoms with E-state index in [9.17, 15) is 10.2 Å². The summed E-state index contributed by atoms with van der Waals surface area (Å²) in [6.45, 7) is 2.64. The highest BCUT2D eigenvalue weighted by atomic mass is 16.6. The van der Waals surface area contributed by atoms with Crippen molar-refractivity contribution in [3.05, 3.63) is 59.7 Å². The van der Waals surface area contributed by atoms with Gasteiger partial charge in [0.05, 0.1) is 5.69 Å². The van der Waals surface area contributed by atoms with Crippen molar-refractivity contribution in [1.29, 1.82) is 0 Å². The average molecular weight is 370 g/mol. The van der Waals surface area contributed by atoms with Gasteiger partial charge in [-0.2, -0.15) is 0 Å². The van der Waals surface area contributed by atoms with Crippen LogP contribution >= 0.6 is 0 Å². The molecule has 0 radical (unpaired) electrons. The van der Waals surface area contributed by atoms with Crippen LogP contribution in [0.2, 0.25) is 0 Å². The average Bonchev–Trinajstić information content (AvgIpc) is 2.69. The minimum absolute atomic E-state index is 0.268. The molecule has 0 aromatic heterocycles. The van der Waals surface area contributed by atoms with Gasteiger partial charge in [-0.25, -0.2) is 4.99 Å². The molecule has 0 spiro atoms. The largest absolute Gasteiger partial charge is 0.486 e. The number of para-hydroxylation sites is 1. The number of hydrogen-bond acceptors (Lipinski definition) is 6. The Balaban J connectivity index is 1.58. The van der Waals surface area contributed by atoms with Gasteiger partial charge in [0.2, 0.25) is 0 Å². The molecule has 2 N–H and O–H groups in total. The first-order chi connectivity index (χ1) is 13.1. The number of aliphatic hydroxyl groups excluding tert-OH is 2. The Morgan fingerprint density at radius 1 is 1.15 bits per heavy atom. The molecule has 2 aromatic rings. The van der Waals surface area contributed by atoms with Gasteiger partial charge in [-0.3, -0.25) is 0 Å². The van der Waals surface area contributed by atoms with Gasteiger partial charge in [0, 0.05) is 25.6 Å². The Morgan fingerprint density at radius 2 is 1.89 bits per heavy atom. The zero-order chi connectivity index (χ0) is 19.2. The first-order valence-electron chi connectivity index (χ1n) is 9.17. The molecule has 2 aromatic carbocycles. The topological polar surface area (TPSA) is 74.5 Å². The smallest absolute Gasteiger partial charge is 0.156 e. The second-order valence-corrected chi connectivity index (χ2v) is 6.45. The molecule has 6 heteroatoms. The van der Waals surface area contributed by atoms with Crippen LogP contribution < -0.4 is 4.74 Å². The highest BCUT2D eigenvalue weighted by Gasteiger charge is 2.25. The fourth-order valence-corrected chi connectivity index (χ4v) is 2.98. The van der Waals surface area contributed by atoms with Crippen LogP contribution in [0.1, 0.15) is 30.7 Å². The summed E-state index contributed by atoms with van der Waals surface area (Å²) in [6.07, 6.45) is -0.149. The number of likely N-dealkylation sites (N-methyl/N-ethyl adjacent to an activating group) is 1. The van der Waals surface area contributed by atoms with Gasteiger partial charge in [-0.05, 0) is 37.1 Å². The number of rotatable bonds is 8. The van der Waals surface area contributed by atoms with E-state index in [1.807, 2.05) is 55.5 Å². The van der Waals surface area contributed by atoms with E-state index in [-0.39, 0.29) is 6.61 Å². The first-order valence-corrected chi connectivity index (χ1v) is 9.17. The minimum Gasteiger partial charge on any atom is -0.486 e. The molecular formula is C21H26N2O4. The molecule has 3 rings (SSSR count). The molecule has 27 heavy (non-hydrogen) atoms. The third-order valence-electron chi connectivity index (χ3n) is 4.57. The van der Waals surface area contributed by atoms with Crippen LogP contribution in [0.4, 0.5) is 5.69 Å². The van der Waals surface area contributed by atoms with Gasteiger partial charge in [-0.1, -0.05) is 30.3 Å². The predicted octanol–water partition coefficient (Wildman–Crippen LogP) is 3.02. The predicted molar refractivity (Wildman–Crippen MR) is 104 cm³/mol. The summed E-state index contributed by atoms with van der Waals surface area (Å²) in [5.74, 6) is 1.40. The minimum atomic E-state index is -0.726. The molecule has 0 saturated heterocycles. The molecule has 2 atom stereocenters. The van der Waals surface area contributed by atoms with E-state index >= 15 is 0 Å². The van der Waals surface area contributed by atoms with Crippen molar-refractivity contribution in [2.75, 3.05) is 20.3 Å².